The molecule has 1 aromatic heterocycles. The maximum Gasteiger partial charge on any atom is 0.132 e. The highest BCUT2D eigenvalue weighted by Gasteiger charge is 2.40. The van der Waals surface area contributed by atoms with Crippen LogP contribution in [0, 0.1) is 0 Å². The summed E-state index contributed by atoms with van der Waals surface area (Å²) in [5.74, 6) is 1.48. The number of aromatic nitrogens is 1. The molecule has 0 amide bonds. The highest BCUT2D eigenvalue weighted by Crippen LogP contribution is 2.37. The van der Waals surface area contributed by atoms with Crippen LogP contribution in [-0.2, 0) is 5.88 Å². The molecule has 19 heavy (non-hydrogen) atoms. The summed E-state index contributed by atoms with van der Waals surface area (Å²) in [6.07, 6.45) is 5.68. The molecule has 0 unspecified atom stereocenters. The van der Waals surface area contributed by atoms with Gasteiger partial charge < -0.3 is 9.80 Å². The molecule has 0 spiro atoms. The second-order valence-corrected chi connectivity index (χ2v) is 6.78. The molecule has 0 bridgehead atoms. The Morgan fingerprint density at radius 3 is 2.53 bits per heavy atom. The number of alkyl halides is 1. The van der Waals surface area contributed by atoms with Crippen molar-refractivity contribution in [2.75, 3.05) is 32.6 Å². The first kappa shape index (κ1) is 15.1. The predicted molar refractivity (Wildman–Crippen MR) is 85.0 cm³/mol. The standard InChI is InChI=1S/C14H21BrClN3/c1-18(2)14(5-4-6-14)10-19(3)13-11(8-16)7-12(15)9-17-13/h7,9H,4-6,8,10H2,1-3H3. The monoisotopic (exact) mass is 345 g/mol. The van der Waals surface area contributed by atoms with Crippen molar-refractivity contribution >= 4 is 33.3 Å². The Kier molecular flexibility index (Phi) is 4.75. The first-order valence-electron chi connectivity index (χ1n) is 6.57. The highest BCUT2D eigenvalue weighted by molar-refractivity contribution is 9.10. The molecular formula is C14H21BrClN3. The number of likely N-dealkylation sites (N-methyl/N-ethyl adjacent to an activating group) is 2. The Balaban J connectivity index is 2.18. The zero-order chi connectivity index (χ0) is 14.0. The van der Waals surface area contributed by atoms with Gasteiger partial charge in [0.25, 0.3) is 0 Å². The molecule has 5 heteroatoms. The molecule has 106 valence electrons. The fraction of sp³-hybridized carbons (Fsp3) is 0.643. The minimum atomic E-state index is 0.299. The summed E-state index contributed by atoms with van der Waals surface area (Å²) in [5, 5.41) is 0. The maximum absolute atomic E-state index is 6.03. The molecule has 0 saturated heterocycles. The van der Waals surface area contributed by atoms with Crippen LogP contribution in [0.15, 0.2) is 16.7 Å². The van der Waals surface area contributed by atoms with Crippen molar-refractivity contribution in [2.45, 2.75) is 30.7 Å². The van der Waals surface area contributed by atoms with Crippen molar-refractivity contribution in [3.8, 4) is 0 Å². The predicted octanol–water partition coefficient (Wildman–Crippen LogP) is 3.50. The Hall–Kier alpha value is -0.320. The van der Waals surface area contributed by atoms with E-state index in [1.807, 2.05) is 6.20 Å². The quantitative estimate of drug-likeness (QED) is 0.761. The third-order valence-electron chi connectivity index (χ3n) is 4.18. The van der Waals surface area contributed by atoms with Crippen LogP contribution >= 0.6 is 27.5 Å². The van der Waals surface area contributed by atoms with Crippen LogP contribution in [0.2, 0.25) is 0 Å². The zero-order valence-electron chi connectivity index (χ0n) is 11.8. The Bertz CT molecular complexity index is 446. The van der Waals surface area contributed by atoms with E-state index in [0.29, 0.717) is 11.4 Å². The lowest BCUT2D eigenvalue weighted by molar-refractivity contribution is 0.0681. The smallest absolute Gasteiger partial charge is 0.132 e. The average molecular weight is 347 g/mol. The van der Waals surface area contributed by atoms with E-state index in [1.54, 1.807) is 0 Å². The van der Waals surface area contributed by atoms with Crippen LogP contribution in [0.3, 0.4) is 0 Å². The summed E-state index contributed by atoms with van der Waals surface area (Å²) in [6.45, 7) is 0.999. The van der Waals surface area contributed by atoms with Gasteiger partial charge in [-0.15, -0.1) is 11.6 Å². The Morgan fingerprint density at radius 1 is 1.37 bits per heavy atom. The Labute approximate surface area is 129 Å². The number of rotatable bonds is 5. The summed E-state index contributed by atoms with van der Waals surface area (Å²) in [6, 6.07) is 2.05. The van der Waals surface area contributed by atoms with Crippen LogP contribution in [0.1, 0.15) is 24.8 Å². The van der Waals surface area contributed by atoms with Gasteiger partial charge in [-0.25, -0.2) is 4.98 Å². The maximum atomic E-state index is 6.03. The normalized spacial score (nSPS) is 17.4. The van der Waals surface area contributed by atoms with Gasteiger partial charge in [0.1, 0.15) is 5.82 Å². The third kappa shape index (κ3) is 3.06. The summed E-state index contributed by atoms with van der Waals surface area (Å²) < 4.78 is 0.978. The lowest BCUT2D eigenvalue weighted by Gasteiger charge is -2.49. The van der Waals surface area contributed by atoms with Gasteiger partial charge >= 0.3 is 0 Å². The Morgan fingerprint density at radius 2 is 2.05 bits per heavy atom. The van der Waals surface area contributed by atoms with Crippen LogP contribution < -0.4 is 4.90 Å². The molecule has 1 aliphatic carbocycles. The van der Waals surface area contributed by atoms with Gasteiger partial charge in [-0.05, 0) is 55.4 Å². The van der Waals surface area contributed by atoms with E-state index < -0.39 is 0 Å². The number of pyridine rings is 1. The minimum absolute atomic E-state index is 0.299. The molecule has 0 aliphatic heterocycles. The molecule has 3 nitrogen and oxygen atoms in total. The van der Waals surface area contributed by atoms with Crippen LogP contribution in [0.4, 0.5) is 5.82 Å². The number of hydrogen-bond donors (Lipinski definition) is 0. The van der Waals surface area contributed by atoms with E-state index >= 15 is 0 Å². The number of anilines is 1. The topological polar surface area (TPSA) is 19.4 Å². The van der Waals surface area contributed by atoms with Gasteiger partial charge in [-0.2, -0.15) is 0 Å². The fourth-order valence-corrected chi connectivity index (χ4v) is 3.34. The van der Waals surface area contributed by atoms with E-state index in [1.165, 1.54) is 19.3 Å². The average Bonchev–Trinajstić information content (AvgIpc) is 2.32. The molecular weight excluding hydrogens is 326 g/mol. The minimum Gasteiger partial charge on any atom is -0.358 e. The van der Waals surface area contributed by atoms with Crippen LogP contribution in [-0.4, -0.2) is 43.1 Å². The molecule has 0 aromatic carbocycles. The summed E-state index contributed by atoms with van der Waals surface area (Å²) in [4.78, 5) is 9.12. The number of hydrogen-bond acceptors (Lipinski definition) is 3. The van der Waals surface area contributed by atoms with Crippen LogP contribution in [0.5, 0.6) is 0 Å². The first-order valence-corrected chi connectivity index (χ1v) is 7.90. The molecule has 0 atom stereocenters. The molecule has 1 aromatic rings. The van der Waals surface area contributed by atoms with Gasteiger partial charge in [-0.1, -0.05) is 0 Å². The van der Waals surface area contributed by atoms with Gasteiger partial charge in [0.05, 0.1) is 5.88 Å². The third-order valence-corrected chi connectivity index (χ3v) is 4.90. The van der Waals surface area contributed by atoms with E-state index in [2.05, 4.69) is 57.9 Å². The second kappa shape index (κ2) is 5.98. The highest BCUT2D eigenvalue weighted by atomic mass is 79.9. The van der Waals surface area contributed by atoms with E-state index in [4.69, 9.17) is 11.6 Å². The molecule has 0 N–H and O–H groups in total. The lowest BCUT2D eigenvalue weighted by atomic mass is 9.75. The van der Waals surface area contributed by atoms with Gasteiger partial charge in [0, 0.05) is 35.4 Å². The number of halogens is 2. The second-order valence-electron chi connectivity index (χ2n) is 5.60. The van der Waals surface area contributed by atoms with Crippen molar-refractivity contribution in [3.63, 3.8) is 0 Å². The largest absolute Gasteiger partial charge is 0.358 e. The first-order chi connectivity index (χ1) is 8.98. The van der Waals surface area contributed by atoms with Gasteiger partial charge in [0.15, 0.2) is 0 Å². The summed E-state index contributed by atoms with van der Waals surface area (Å²) in [5.41, 5.74) is 1.37. The SMILES string of the molecule is CN(CC1(N(C)C)CCC1)c1ncc(Br)cc1CCl. The lowest BCUT2D eigenvalue weighted by Crippen LogP contribution is -2.57. The molecule has 0 radical (unpaired) electrons. The molecule has 1 heterocycles. The van der Waals surface area contributed by atoms with Crippen LogP contribution in [0.25, 0.3) is 0 Å². The zero-order valence-corrected chi connectivity index (χ0v) is 14.1. The molecule has 1 aliphatic rings. The summed E-state index contributed by atoms with van der Waals surface area (Å²) >= 11 is 9.48. The molecule has 2 rings (SSSR count). The van der Waals surface area contributed by atoms with Gasteiger partial charge in [0.2, 0.25) is 0 Å². The van der Waals surface area contributed by atoms with E-state index in [-0.39, 0.29) is 0 Å². The molecule has 1 fully saturated rings. The van der Waals surface area contributed by atoms with Crippen molar-refractivity contribution in [1.29, 1.82) is 0 Å². The van der Waals surface area contributed by atoms with Crippen molar-refractivity contribution in [1.82, 2.24) is 9.88 Å². The van der Waals surface area contributed by atoms with Crippen molar-refractivity contribution in [3.05, 3.63) is 22.3 Å². The van der Waals surface area contributed by atoms with Crippen molar-refractivity contribution in [2.24, 2.45) is 0 Å². The summed E-state index contributed by atoms with van der Waals surface area (Å²) in [7, 11) is 6.45. The van der Waals surface area contributed by atoms with Crippen molar-refractivity contribution < 1.29 is 0 Å². The fourth-order valence-electron chi connectivity index (χ4n) is 2.76. The van der Waals surface area contributed by atoms with E-state index in [0.717, 1.165) is 22.4 Å². The van der Waals surface area contributed by atoms with Gasteiger partial charge in [-0.3, -0.25) is 0 Å². The number of nitrogens with zero attached hydrogens (tertiary/aromatic N) is 3. The molecule has 1 saturated carbocycles. The van der Waals surface area contributed by atoms with E-state index in [9.17, 15) is 0 Å².